The van der Waals surface area contributed by atoms with E-state index >= 15 is 0 Å². The first kappa shape index (κ1) is 5.51. The Morgan fingerprint density at radius 2 is 2.50 bits per heavy atom. The van der Waals surface area contributed by atoms with Crippen molar-refractivity contribution >= 4 is 18.7 Å². The van der Waals surface area contributed by atoms with Gasteiger partial charge < -0.3 is 4.98 Å². The molecule has 0 saturated carbocycles. The van der Waals surface area contributed by atoms with E-state index in [0.29, 0.717) is 0 Å². The molecule has 2 heteroatoms. The van der Waals surface area contributed by atoms with Gasteiger partial charge in [-0.05, 0) is 23.6 Å². The summed E-state index contributed by atoms with van der Waals surface area (Å²) in [4.78, 5) is 3.00. The second-order valence-corrected chi connectivity index (χ2v) is 1.74. The molecule has 1 heterocycles. The first-order valence-electron chi connectivity index (χ1n) is 2.37. The fourth-order valence-corrected chi connectivity index (χ4v) is 0.689. The van der Waals surface area contributed by atoms with Gasteiger partial charge in [0.2, 0.25) is 0 Å². The molecule has 0 aliphatic heterocycles. The number of aromatic nitrogens is 1. The predicted octanol–water partition coefficient (Wildman–Crippen LogP) is 1.92. The van der Waals surface area contributed by atoms with E-state index in [9.17, 15) is 0 Å². The molecule has 1 nitrogen and oxygen atoms in total. The summed E-state index contributed by atoms with van der Waals surface area (Å²) in [6, 6.07) is 3.93. The molecule has 0 fully saturated rings. The largest absolute Gasteiger partial charge is 0.362 e. The average molecular weight is 125 g/mol. The molecule has 0 aliphatic carbocycles. The standard InChI is InChI=1S/C6H7NS/c8-5-3-6-2-1-4-7-6/h1-5,7-8H/b5-3+. The van der Waals surface area contributed by atoms with Crippen LogP contribution in [0.15, 0.2) is 23.7 Å². The monoisotopic (exact) mass is 125 g/mol. The van der Waals surface area contributed by atoms with Gasteiger partial charge in [-0.15, -0.1) is 0 Å². The summed E-state index contributed by atoms with van der Waals surface area (Å²) in [5.41, 5.74) is 1.08. The van der Waals surface area contributed by atoms with Crippen molar-refractivity contribution in [3.8, 4) is 0 Å². The van der Waals surface area contributed by atoms with Gasteiger partial charge in [-0.1, -0.05) is 0 Å². The van der Waals surface area contributed by atoms with E-state index in [1.54, 1.807) is 5.41 Å². The first-order valence-corrected chi connectivity index (χ1v) is 2.89. The van der Waals surface area contributed by atoms with Crippen molar-refractivity contribution in [2.24, 2.45) is 0 Å². The fourth-order valence-electron chi connectivity index (χ4n) is 0.528. The van der Waals surface area contributed by atoms with Gasteiger partial charge in [-0.25, -0.2) is 0 Å². The number of H-pyrrole nitrogens is 1. The number of aromatic amines is 1. The van der Waals surface area contributed by atoms with E-state index in [-0.39, 0.29) is 0 Å². The lowest BCUT2D eigenvalue weighted by Crippen LogP contribution is -1.62. The molecule has 0 aromatic carbocycles. The van der Waals surface area contributed by atoms with E-state index < -0.39 is 0 Å². The van der Waals surface area contributed by atoms with Gasteiger partial charge in [0.25, 0.3) is 0 Å². The van der Waals surface area contributed by atoms with Crippen LogP contribution in [0.5, 0.6) is 0 Å². The van der Waals surface area contributed by atoms with Gasteiger partial charge in [-0.2, -0.15) is 12.6 Å². The van der Waals surface area contributed by atoms with Crippen LogP contribution in [0.2, 0.25) is 0 Å². The van der Waals surface area contributed by atoms with Gasteiger partial charge in [0.05, 0.1) is 0 Å². The Bertz CT molecular complexity index is 165. The molecule has 8 heavy (non-hydrogen) atoms. The second kappa shape index (κ2) is 2.62. The van der Waals surface area contributed by atoms with E-state index in [2.05, 4.69) is 17.6 Å². The summed E-state index contributed by atoms with van der Waals surface area (Å²) in [6.45, 7) is 0. The Balaban J connectivity index is 2.77. The Kier molecular flexibility index (Phi) is 1.80. The van der Waals surface area contributed by atoms with Crippen LogP contribution in [0, 0.1) is 0 Å². The first-order chi connectivity index (χ1) is 3.93. The smallest absolute Gasteiger partial charge is 0.0385 e. The summed E-state index contributed by atoms with van der Waals surface area (Å²) in [7, 11) is 0. The highest BCUT2D eigenvalue weighted by Gasteiger charge is 1.78. The van der Waals surface area contributed by atoms with Crippen molar-refractivity contribution in [1.29, 1.82) is 0 Å². The Labute approximate surface area is 53.8 Å². The number of rotatable bonds is 1. The minimum atomic E-state index is 1.08. The van der Waals surface area contributed by atoms with Gasteiger partial charge in [-0.3, -0.25) is 0 Å². The normalized spacial score (nSPS) is 10.6. The zero-order valence-electron chi connectivity index (χ0n) is 4.33. The lowest BCUT2D eigenvalue weighted by molar-refractivity contribution is 1.38. The zero-order valence-corrected chi connectivity index (χ0v) is 5.23. The van der Waals surface area contributed by atoms with Crippen LogP contribution >= 0.6 is 12.6 Å². The molecule has 1 rings (SSSR count). The molecule has 0 radical (unpaired) electrons. The highest BCUT2D eigenvalue weighted by atomic mass is 32.1. The molecule has 0 aliphatic rings. The van der Waals surface area contributed by atoms with Crippen molar-refractivity contribution in [3.05, 3.63) is 29.4 Å². The van der Waals surface area contributed by atoms with Crippen molar-refractivity contribution in [2.45, 2.75) is 0 Å². The summed E-state index contributed by atoms with van der Waals surface area (Å²) < 4.78 is 0. The Morgan fingerprint density at radius 1 is 1.62 bits per heavy atom. The molecule has 0 saturated heterocycles. The van der Waals surface area contributed by atoms with Gasteiger partial charge in [0.1, 0.15) is 0 Å². The fraction of sp³-hybridized carbons (Fsp3) is 0. The van der Waals surface area contributed by atoms with Crippen molar-refractivity contribution in [1.82, 2.24) is 4.98 Å². The van der Waals surface area contributed by atoms with Crippen molar-refractivity contribution in [2.75, 3.05) is 0 Å². The minimum absolute atomic E-state index is 1.08. The molecule has 0 unspecified atom stereocenters. The predicted molar refractivity (Wildman–Crippen MR) is 38.8 cm³/mol. The molecule has 0 spiro atoms. The lowest BCUT2D eigenvalue weighted by atomic mass is 10.4. The van der Waals surface area contributed by atoms with Crippen LogP contribution in [0.25, 0.3) is 6.08 Å². The quantitative estimate of drug-likeness (QED) is 0.533. The SMILES string of the molecule is S/C=C/c1ccc[nH]1. The van der Waals surface area contributed by atoms with Gasteiger partial charge in [0.15, 0.2) is 0 Å². The second-order valence-electron chi connectivity index (χ2n) is 1.44. The number of nitrogens with one attached hydrogen (secondary N) is 1. The molecule has 0 bridgehead atoms. The van der Waals surface area contributed by atoms with Crippen molar-refractivity contribution in [3.63, 3.8) is 0 Å². The molecule has 1 N–H and O–H groups in total. The third-order valence-corrected chi connectivity index (χ3v) is 1.03. The van der Waals surface area contributed by atoms with E-state index in [1.807, 2.05) is 24.4 Å². The minimum Gasteiger partial charge on any atom is -0.362 e. The van der Waals surface area contributed by atoms with Crippen LogP contribution in [-0.4, -0.2) is 4.98 Å². The number of thiol groups is 1. The topological polar surface area (TPSA) is 15.8 Å². The van der Waals surface area contributed by atoms with Crippen LogP contribution in [0.3, 0.4) is 0 Å². The molecule has 0 amide bonds. The summed E-state index contributed by atoms with van der Waals surface area (Å²) >= 11 is 3.91. The van der Waals surface area contributed by atoms with Gasteiger partial charge in [0, 0.05) is 11.9 Å². The maximum atomic E-state index is 3.91. The summed E-state index contributed by atoms with van der Waals surface area (Å²) in [6.07, 6.45) is 3.77. The van der Waals surface area contributed by atoms with E-state index in [1.165, 1.54) is 0 Å². The zero-order chi connectivity index (χ0) is 5.82. The lowest BCUT2D eigenvalue weighted by Gasteiger charge is -1.77. The van der Waals surface area contributed by atoms with Crippen LogP contribution < -0.4 is 0 Å². The van der Waals surface area contributed by atoms with Crippen LogP contribution in [0.4, 0.5) is 0 Å². The maximum absolute atomic E-state index is 3.91. The highest BCUT2D eigenvalue weighted by molar-refractivity contribution is 7.83. The molecule has 42 valence electrons. The molecule has 1 aromatic heterocycles. The van der Waals surface area contributed by atoms with Crippen LogP contribution in [-0.2, 0) is 0 Å². The third kappa shape index (κ3) is 1.17. The number of hydrogen-bond acceptors (Lipinski definition) is 1. The van der Waals surface area contributed by atoms with Crippen molar-refractivity contribution < 1.29 is 0 Å². The number of hydrogen-bond donors (Lipinski definition) is 2. The molecular formula is C6H7NS. The Morgan fingerprint density at radius 3 is 3.00 bits per heavy atom. The van der Waals surface area contributed by atoms with E-state index in [4.69, 9.17) is 0 Å². The molecular weight excluding hydrogens is 118 g/mol. The van der Waals surface area contributed by atoms with Crippen LogP contribution in [0.1, 0.15) is 5.69 Å². The summed E-state index contributed by atoms with van der Waals surface area (Å²) in [5, 5.41) is 1.70. The Hall–Kier alpha value is -0.630. The maximum Gasteiger partial charge on any atom is 0.0385 e. The van der Waals surface area contributed by atoms with E-state index in [0.717, 1.165) is 5.69 Å². The highest BCUT2D eigenvalue weighted by Crippen LogP contribution is 1.96. The summed E-state index contributed by atoms with van der Waals surface area (Å²) in [5.74, 6) is 0. The molecule has 0 atom stereocenters. The van der Waals surface area contributed by atoms with Gasteiger partial charge >= 0.3 is 0 Å². The third-order valence-electron chi connectivity index (χ3n) is 0.876. The average Bonchev–Trinajstić information content (AvgIpc) is 2.19. The molecule has 1 aromatic rings.